The minimum Gasteiger partial charge on any atom is -0.493 e. The molecule has 1 N–H and O–H groups in total. The van der Waals surface area contributed by atoms with Gasteiger partial charge in [0.1, 0.15) is 5.76 Å². The summed E-state index contributed by atoms with van der Waals surface area (Å²) < 4.78 is 39.5. The molecule has 6 heteroatoms. The Hall–Kier alpha value is -2.08. The van der Waals surface area contributed by atoms with Gasteiger partial charge in [0.15, 0.2) is 11.5 Å². The van der Waals surface area contributed by atoms with Gasteiger partial charge in [-0.1, -0.05) is 6.07 Å². The zero-order valence-electron chi connectivity index (χ0n) is 11.8. The zero-order chi connectivity index (χ0) is 15.2. The summed E-state index contributed by atoms with van der Waals surface area (Å²) in [5.74, 6) is 1.11. The molecule has 0 fully saturated rings. The molecule has 1 aromatic heterocycles. The van der Waals surface area contributed by atoms with E-state index in [0.29, 0.717) is 6.54 Å². The molecule has 0 aliphatic carbocycles. The van der Waals surface area contributed by atoms with E-state index in [1.807, 2.05) is 19.1 Å². The van der Waals surface area contributed by atoms with Crippen LogP contribution in [-0.2, 0) is 6.54 Å². The third-order valence-corrected chi connectivity index (χ3v) is 3.03. The van der Waals surface area contributed by atoms with E-state index in [4.69, 9.17) is 9.15 Å². The fourth-order valence-electron chi connectivity index (χ4n) is 1.93. The van der Waals surface area contributed by atoms with E-state index < -0.39 is 6.61 Å². The molecule has 0 amide bonds. The lowest BCUT2D eigenvalue weighted by Gasteiger charge is -2.14. The Labute approximate surface area is 121 Å². The van der Waals surface area contributed by atoms with E-state index in [9.17, 15) is 8.78 Å². The van der Waals surface area contributed by atoms with Gasteiger partial charge in [-0.25, -0.2) is 0 Å². The first kappa shape index (κ1) is 15.3. The van der Waals surface area contributed by atoms with E-state index in [-0.39, 0.29) is 17.5 Å². The van der Waals surface area contributed by atoms with Crippen LogP contribution in [0.5, 0.6) is 11.5 Å². The van der Waals surface area contributed by atoms with Crippen LogP contribution in [0.4, 0.5) is 8.78 Å². The lowest BCUT2D eigenvalue weighted by molar-refractivity contribution is -0.0512. The van der Waals surface area contributed by atoms with Crippen molar-refractivity contribution in [1.29, 1.82) is 0 Å². The minimum atomic E-state index is -2.89. The topological polar surface area (TPSA) is 43.6 Å². The predicted molar refractivity (Wildman–Crippen MR) is 73.6 cm³/mol. The van der Waals surface area contributed by atoms with Crippen LogP contribution in [0, 0.1) is 0 Å². The summed E-state index contributed by atoms with van der Waals surface area (Å²) in [6, 6.07) is 8.63. The van der Waals surface area contributed by atoms with Gasteiger partial charge in [-0.15, -0.1) is 0 Å². The molecule has 1 atom stereocenters. The summed E-state index contributed by atoms with van der Waals surface area (Å²) in [4.78, 5) is 0. The molecule has 0 spiro atoms. The fourth-order valence-corrected chi connectivity index (χ4v) is 1.93. The number of alkyl halides is 2. The van der Waals surface area contributed by atoms with Crippen molar-refractivity contribution < 1.29 is 22.7 Å². The number of benzene rings is 1. The summed E-state index contributed by atoms with van der Waals surface area (Å²) in [6.07, 6.45) is 1.61. The second kappa shape index (κ2) is 7.08. The molecule has 0 bridgehead atoms. The second-order valence-corrected chi connectivity index (χ2v) is 4.48. The number of methoxy groups -OCH3 is 1. The van der Waals surface area contributed by atoms with Crippen LogP contribution in [0.3, 0.4) is 0 Å². The Balaban J connectivity index is 2.03. The molecule has 0 saturated heterocycles. The zero-order valence-corrected chi connectivity index (χ0v) is 11.8. The quantitative estimate of drug-likeness (QED) is 0.845. The van der Waals surface area contributed by atoms with Crippen molar-refractivity contribution in [2.24, 2.45) is 0 Å². The first-order chi connectivity index (χ1) is 10.1. The van der Waals surface area contributed by atoms with Crippen LogP contribution in [0.1, 0.15) is 24.3 Å². The first-order valence-corrected chi connectivity index (χ1v) is 6.48. The average molecular weight is 297 g/mol. The highest BCUT2D eigenvalue weighted by Crippen LogP contribution is 2.29. The van der Waals surface area contributed by atoms with Crippen LogP contribution in [-0.4, -0.2) is 13.7 Å². The number of ether oxygens (including phenoxy) is 2. The van der Waals surface area contributed by atoms with Crippen molar-refractivity contribution >= 4 is 0 Å². The van der Waals surface area contributed by atoms with E-state index >= 15 is 0 Å². The Morgan fingerprint density at radius 1 is 1.24 bits per heavy atom. The summed E-state index contributed by atoms with van der Waals surface area (Å²) in [7, 11) is 1.41. The van der Waals surface area contributed by atoms with Crippen LogP contribution < -0.4 is 14.8 Å². The lowest BCUT2D eigenvalue weighted by Crippen LogP contribution is -2.17. The number of hydrogen-bond donors (Lipinski definition) is 1. The predicted octanol–water partition coefficient (Wildman–Crippen LogP) is 3.74. The number of halogens is 2. The van der Waals surface area contributed by atoms with Crippen LogP contribution in [0.2, 0.25) is 0 Å². The van der Waals surface area contributed by atoms with Crippen molar-refractivity contribution in [3.8, 4) is 11.5 Å². The summed E-state index contributed by atoms with van der Waals surface area (Å²) in [5, 5.41) is 3.24. The molecule has 0 aliphatic heterocycles. The molecular formula is C15H17F2NO3. The van der Waals surface area contributed by atoms with Crippen LogP contribution in [0.15, 0.2) is 41.0 Å². The molecule has 21 heavy (non-hydrogen) atoms. The minimum absolute atomic E-state index is 0.0153. The van der Waals surface area contributed by atoms with Gasteiger partial charge in [-0.2, -0.15) is 8.78 Å². The molecular weight excluding hydrogens is 280 g/mol. The maximum atomic E-state index is 12.4. The Morgan fingerprint density at radius 2 is 2.05 bits per heavy atom. The molecule has 2 aromatic rings. The van der Waals surface area contributed by atoms with Gasteiger partial charge in [-0.3, -0.25) is 0 Å². The molecule has 0 saturated carbocycles. The third kappa shape index (κ3) is 4.19. The van der Waals surface area contributed by atoms with Gasteiger partial charge in [0, 0.05) is 6.54 Å². The monoisotopic (exact) mass is 297 g/mol. The van der Waals surface area contributed by atoms with E-state index in [0.717, 1.165) is 11.3 Å². The molecule has 0 aliphatic rings. The van der Waals surface area contributed by atoms with Crippen molar-refractivity contribution in [3.63, 3.8) is 0 Å². The largest absolute Gasteiger partial charge is 0.493 e. The van der Waals surface area contributed by atoms with Gasteiger partial charge in [0.2, 0.25) is 0 Å². The Morgan fingerprint density at radius 3 is 2.67 bits per heavy atom. The highest BCUT2D eigenvalue weighted by molar-refractivity contribution is 5.43. The van der Waals surface area contributed by atoms with Gasteiger partial charge in [0.25, 0.3) is 0 Å². The lowest BCUT2D eigenvalue weighted by atomic mass is 10.1. The third-order valence-electron chi connectivity index (χ3n) is 3.03. The first-order valence-electron chi connectivity index (χ1n) is 6.48. The summed E-state index contributed by atoms with van der Waals surface area (Å²) >= 11 is 0. The normalized spacial score (nSPS) is 12.4. The Kier molecular flexibility index (Phi) is 5.16. The average Bonchev–Trinajstić information content (AvgIpc) is 2.98. The van der Waals surface area contributed by atoms with Crippen molar-refractivity contribution in [2.75, 3.05) is 7.11 Å². The summed E-state index contributed by atoms with van der Waals surface area (Å²) in [6.45, 7) is -0.436. The van der Waals surface area contributed by atoms with Gasteiger partial charge in [0.05, 0.1) is 19.4 Å². The van der Waals surface area contributed by atoms with E-state index in [1.165, 1.54) is 13.2 Å². The summed E-state index contributed by atoms with van der Waals surface area (Å²) in [5.41, 5.74) is 0.810. The van der Waals surface area contributed by atoms with E-state index in [1.54, 1.807) is 18.4 Å². The Bertz CT molecular complexity index is 558. The standard InChI is InChI=1S/C15H17F2NO3/c1-10(12-4-3-7-20-12)18-9-11-5-6-13(19-2)14(8-11)21-15(16)17/h3-8,10,15,18H,9H2,1-2H3/t10-/m0/s1. The SMILES string of the molecule is COc1ccc(CN[C@@H](C)c2ccco2)cc1OC(F)F. The number of nitrogens with one attached hydrogen (secondary N) is 1. The maximum absolute atomic E-state index is 12.4. The molecule has 0 radical (unpaired) electrons. The van der Waals surface area contributed by atoms with Crippen molar-refractivity contribution in [1.82, 2.24) is 5.32 Å². The highest BCUT2D eigenvalue weighted by atomic mass is 19.3. The van der Waals surface area contributed by atoms with Crippen molar-refractivity contribution in [2.45, 2.75) is 26.1 Å². The molecule has 2 rings (SSSR count). The molecule has 4 nitrogen and oxygen atoms in total. The van der Waals surface area contributed by atoms with E-state index in [2.05, 4.69) is 10.1 Å². The smallest absolute Gasteiger partial charge is 0.387 e. The second-order valence-electron chi connectivity index (χ2n) is 4.48. The van der Waals surface area contributed by atoms with Crippen LogP contribution in [0.25, 0.3) is 0 Å². The van der Waals surface area contributed by atoms with Gasteiger partial charge < -0.3 is 19.2 Å². The molecule has 114 valence electrons. The molecule has 0 unspecified atom stereocenters. The molecule has 1 aromatic carbocycles. The van der Waals surface area contributed by atoms with Crippen molar-refractivity contribution in [3.05, 3.63) is 47.9 Å². The number of furan rings is 1. The molecule has 1 heterocycles. The van der Waals surface area contributed by atoms with Gasteiger partial charge in [-0.05, 0) is 36.8 Å². The van der Waals surface area contributed by atoms with Crippen LogP contribution >= 0.6 is 0 Å². The number of rotatable bonds is 7. The maximum Gasteiger partial charge on any atom is 0.387 e. The fraction of sp³-hybridized carbons (Fsp3) is 0.333. The number of hydrogen-bond acceptors (Lipinski definition) is 4. The highest BCUT2D eigenvalue weighted by Gasteiger charge is 2.12. The van der Waals surface area contributed by atoms with Gasteiger partial charge >= 0.3 is 6.61 Å².